The second-order valence-electron chi connectivity index (χ2n) is 0.847. The molecule has 0 radical (unpaired) electrons. The Morgan fingerprint density at radius 3 is 1.60 bits per heavy atom. The van der Waals surface area contributed by atoms with Crippen LogP contribution in [0.25, 0.3) is 0 Å². The van der Waals surface area contributed by atoms with Gasteiger partial charge >= 0.3 is 29.6 Å². The van der Waals surface area contributed by atoms with Crippen LogP contribution in [-0.4, -0.2) is 24.4 Å². The molecule has 0 amide bonds. The van der Waals surface area contributed by atoms with Gasteiger partial charge in [0.05, 0.1) is 0 Å². The van der Waals surface area contributed by atoms with Crippen molar-refractivity contribution in [2.24, 2.45) is 0 Å². The van der Waals surface area contributed by atoms with Crippen LogP contribution in [0.4, 0.5) is 0 Å². The second-order valence-corrected chi connectivity index (χ2v) is 0.847. The Morgan fingerprint density at radius 1 is 1.60 bits per heavy atom. The van der Waals surface area contributed by atoms with Crippen LogP contribution in [0.5, 0.6) is 0 Å². The van der Waals surface area contributed by atoms with E-state index in [0.717, 1.165) is 5.06 Å². The van der Waals surface area contributed by atoms with Crippen LogP contribution in [0.3, 0.4) is 0 Å². The maximum absolute atomic E-state index is 7.89. The molecule has 5 heavy (non-hydrogen) atoms. The summed E-state index contributed by atoms with van der Waals surface area (Å²) in [5.41, 5.74) is 0. The van der Waals surface area contributed by atoms with Gasteiger partial charge in [0.15, 0.2) is 0 Å². The fraction of sp³-hybridized carbons (Fsp3) is 1.00. The number of hydrogen-bond donors (Lipinski definition) is 1. The van der Waals surface area contributed by atoms with Crippen LogP contribution < -0.4 is 29.6 Å². The van der Waals surface area contributed by atoms with Crippen molar-refractivity contribution in [1.29, 1.82) is 0 Å². The van der Waals surface area contributed by atoms with Crippen molar-refractivity contribution in [3.05, 3.63) is 0 Å². The van der Waals surface area contributed by atoms with E-state index >= 15 is 0 Å². The maximum atomic E-state index is 7.89. The van der Waals surface area contributed by atoms with Gasteiger partial charge in [-0.2, -0.15) is 5.06 Å². The Morgan fingerprint density at radius 2 is 1.60 bits per heavy atom. The molecule has 0 heterocycles. The zero-order chi connectivity index (χ0) is 3.58. The molecule has 0 aromatic rings. The van der Waals surface area contributed by atoms with E-state index in [0.29, 0.717) is 0 Å². The van der Waals surface area contributed by atoms with Crippen LogP contribution >= 0.6 is 0 Å². The van der Waals surface area contributed by atoms with Gasteiger partial charge in [0.25, 0.3) is 0 Å². The summed E-state index contributed by atoms with van der Waals surface area (Å²) in [5.74, 6) is 0. The molecule has 1 N–H and O–H groups in total. The largest absolute Gasteiger partial charge is 1.00 e. The van der Waals surface area contributed by atoms with Gasteiger partial charge in [-0.25, -0.2) is 0 Å². The predicted octanol–water partition coefficient (Wildman–Crippen LogP) is -2.95. The SMILES string of the molecule is CN(C)O.[H-].[Na+]. The van der Waals surface area contributed by atoms with Crippen LogP contribution in [0.1, 0.15) is 1.43 Å². The van der Waals surface area contributed by atoms with E-state index in [1.54, 1.807) is 14.1 Å². The second kappa shape index (κ2) is 4.92. The summed E-state index contributed by atoms with van der Waals surface area (Å²) in [6.07, 6.45) is 0. The minimum absolute atomic E-state index is 0. The molecule has 0 aliphatic rings. The van der Waals surface area contributed by atoms with E-state index in [-0.39, 0.29) is 31.0 Å². The summed E-state index contributed by atoms with van der Waals surface area (Å²) < 4.78 is 0. The zero-order valence-electron chi connectivity index (χ0n) is 4.89. The van der Waals surface area contributed by atoms with Crippen molar-refractivity contribution in [1.82, 2.24) is 5.06 Å². The van der Waals surface area contributed by atoms with Crippen molar-refractivity contribution in [2.45, 2.75) is 0 Å². The molecule has 0 saturated carbocycles. The molecule has 0 fully saturated rings. The van der Waals surface area contributed by atoms with Crippen molar-refractivity contribution >= 4 is 0 Å². The summed E-state index contributed by atoms with van der Waals surface area (Å²) in [6.45, 7) is 0. The molecule has 0 saturated heterocycles. The first kappa shape index (κ1) is 9.33. The van der Waals surface area contributed by atoms with E-state index in [1.165, 1.54) is 0 Å². The molecule has 0 atom stereocenters. The summed E-state index contributed by atoms with van der Waals surface area (Å²) >= 11 is 0. The Balaban J connectivity index is -0.0000000450. The van der Waals surface area contributed by atoms with Crippen molar-refractivity contribution < 1.29 is 36.2 Å². The van der Waals surface area contributed by atoms with Gasteiger partial charge < -0.3 is 6.63 Å². The van der Waals surface area contributed by atoms with Crippen LogP contribution in [0.15, 0.2) is 0 Å². The zero-order valence-corrected chi connectivity index (χ0v) is 5.89. The average Bonchev–Trinajstić information content (AvgIpc) is 0.811. The minimum Gasteiger partial charge on any atom is -1.00 e. The molecule has 0 aromatic carbocycles. The molecule has 0 aliphatic carbocycles. The third-order valence-corrected chi connectivity index (χ3v) is 0. The summed E-state index contributed by atoms with van der Waals surface area (Å²) in [7, 11) is 3.11. The normalized spacial score (nSPS) is 7.20. The van der Waals surface area contributed by atoms with Gasteiger partial charge in [0.2, 0.25) is 0 Å². The molecule has 0 rings (SSSR count). The first-order chi connectivity index (χ1) is 1.73. The van der Waals surface area contributed by atoms with Crippen molar-refractivity contribution in [3.8, 4) is 0 Å². The van der Waals surface area contributed by atoms with Gasteiger partial charge in [-0.3, -0.25) is 0 Å². The monoisotopic (exact) mass is 85.1 g/mol. The maximum Gasteiger partial charge on any atom is 1.00 e. The molecule has 28 valence electrons. The number of hydroxylamine groups is 2. The van der Waals surface area contributed by atoms with E-state index in [9.17, 15) is 0 Å². The third kappa shape index (κ3) is 49.6. The number of hydrogen-bond acceptors (Lipinski definition) is 2. The molecule has 0 unspecified atom stereocenters. The van der Waals surface area contributed by atoms with E-state index < -0.39 is 0 Å². The first-order valence-corrected chi connectivity index (χ1v) is 1.09. The number of rotatable bonds is 0. The van der Waals surface area contributed by atoms with Gasteiger partial charge in [-0.1, -0.05) is 0 Å². The van der Waals surface area contributed by atoms with E-state index in [4.69, 9.17) is 5.21 Å². The van der Waals surface area contributed by atoms with Crippen molar-refractivity contribution in [2.75, 3.05) is 14.1 Å². The fourth-order valence-electron chi connectivity index (χ4n) is 0. The smallest absolute Gasteiger partial charge is 1.00 e. The molecule has 0 aromatic heterocycles. The van der Waals surface area contributed by atoms with Gasteiger partial charge in [-0.15, -0.1) is 0 Å². The van der Waals surface area contributed by atoms with Gasteiger partial charge in [0, 0.05) is 14.1 Å². The Labute approximate surface area is 55.5 Å². The molecule has 3 heteroatoms. The topological polar surface area (TPSA) is 23.5 Å². The standard InChI is InChI=1S/C2H7NO.Na.H/c1-3(2)4;;/h4H,1-2H3;;/q;+1;-1. The minimum atomic E-state index is 0. The molecule has 0 spiro atoms. The van der Waals surface area contributed by atoms with Crippen LogP contribution in [-0.2, 0) is 0 Å². The predicted molar refractivity (Wildman–Crippen MR) is 16.6 cm³/mol. The summed E-state index contributed by atoms with van der Waals surface area (Å²) in [4.78, 5) is 0. The van der Waals surface area contributed by atoms with Crippen LogP contribution in [0.2, 0.25) is 0 Å². The van der Waals surface area contributed by atoms with Crippen LogP contribution in [0, 0.1) is 0 Å². The Bertz CT molecular complexity index is 18.3. The summed E-state index contributed by atoms with van der Waals surface area (Å²) in [5, 5.41) is 8.89. The number of nitrogens with zero attached hydrogens (tertiary/aromatic N) is 1. The van der Waals surface area contributed by atoms with E-state index in [2.05, 4.69) is 0 Å². The van der Waals surface area contributed by atoms with Gasteiger partial charge in [-0.05, 0) is 0 Å². The van der Waals surface area contributed by atoms with Crippen molar-refractivity contribution in [3.63, 3.8) is 0 Å². The molecular weight excluding hydrogens is 77.0 g/mol. The first-order valence-electron chi connectivity index (χ1n) is 1.09. The van der Waals surface area contributed by atoms with Gasteiger partial charge in [0.1, 0.15) is 0 Å². The molecular formula is C2H8NNaO. The Kier molecular flexibility index (Phi) is 9.18. The quantitative estimate of drug-likeness (QED) is 0.251. The third-order valence-electron chi connectivity index (χ3n) is 0. The summed E-state index contributed by atoms with van der Waals surface area (Å²) in [6, 6.07) is 0. The Hall–Kier alpha value is 0.920. The molecule has 2 nitrogen and oxygen atoms in total. The molecule has 0 aliphatic heterocycles. The fourth-order valence-corrected chi connectivity index (χ4v) is 0. The van der Waals surface area contributed by atoms with E-state index in [1.807, 2.05) is 0 Å². The molecule has 0 bridgehead atoms. The average molecular weight is 85.1 g/mol.